The maximum atomic E-state index is 5.82. The van der Waals surface area contributed by atoms with Crippen molar-refractivity contribution in [2.24, 2.45) is 0 Å². The number of nitrogens with zero attached hydrogens (tertiary/aromatic N) is 1. The van der Waals surface area contributed by atoms with Crippen LogP contribution in [0.3, 0.4) is 0 Å². The Morgan fingerprint density at radius 2 is 2.00 bits per heavy atom. The molecule has 1 heterocycles. The topological polar surface area (TPSA) is 34.1 Å². The maximum Gasteiger partial charge on any atom is 0.145 e. The molecule has 0 spiro atoms. The highest BCUT2D eigenvalue weighted by Crippen LogP contribution is 2.30. The van der Waals surface area contributed by atoms with Gasteiger partial charge in [0.1, 0.15) is 11.5 Å². The van der Waals surface area contributed by atoms with Crippen molar-refractivity contribution < 1.29 is 4.74 Å². The molecule has 1 unspecified atom stereocenters. The zero-order chi connectivity index (χ0) is 15.2. The summed E-state index contributed by atoms with van der Waals surface area (Å²) in [6.45, 7) is 7.31. The van der Waals surface area contributed by atoms with Crippen molar-refractivity contribution in [3.05, 3.63) is 52.3 Å². The highest BCUT2D eigenvalue weighted by molar-refractivity contribution is 9.10. The minimum Gasteiger partial charge on any atom is -0.456 e. The molecule has 0 aliphatic heterocycles. The predicted octanol–water partition coefficient (Wildman–Crippen LogP) is 5.01. The van der Waals surface area contributed by atoms with E-state index in [0.717, 1.165) is 34.6 Å². The van der Waals surface area contributed by atoms with Gasteiger partial charge >= 0.3 is 0 Å². The van der Waals surface area contributed by atoms with Gasteiger partial charge in [0.05, 0.1) is 6.20 Å². The molecule has 0 amide bonds. The minimum absolute atomic E-state index is 0.314. The lowest BCUT2D eigenvalue weighted by atomic mass is 10.1. The zero-order valence-electron chi connectivity index (χ0n) is 12.7. The molecule has 21 heavy (non-hydrogen) atoms. The summed E-state index contributed by atoms with van der Waals surface area (Å²) in [4.78, 5) is 4.23. The molecule has 1 aromatic carbocycles. The normalized spacial score (nSPS) is 12.2. The van der Waals surface area contributed by atoms with Crippen LogP contribution in [-0.4, -0.2) is 11.5 Å². The number of aromatic nitrogens is 1. The van der Waals surface area contributed by atoms with Gasteiger partial charge in [0.15, 0.2) is 0 Å². The number of benzene rings is 1. The molecule has 0 bridgehead atoms. The third kappa shape index (κ3) is 4.55. The standard InChI is InChI=1S/C17H21BrN2O/c1-4-9-19-13(3)16-8-7-14(10-17(16)18)21-15-6-5-12(2)20-11-15/h5-8,10-11,13,19H,4,9H2,1-3H3. The molecule has 2 rings (SSSR count). The lowest BCUT2D eigenvalue weighted by Crippen LogP contribution is -2.19. The summed E-state index contributed by atoms with van der Waals surface area (Å²) in [6.07, 6.45) is 2.87. The third-order valence-corrected chi connectivity index (χ3v) is 3.95. The van der Waals surface area contributed by atoms with Gasteiger partial charge in [-0.25, -0.2) is 0 Å². The summed E-state index contributed by atoms with van der Waals surface area (Å²) >= 11 is 3.63. The van der Waals surface area contributed by atoms with Crippen molar-refractivity contribution in [2.45, 2.75) is 33.2 Å². The summed E-state index contributed by atoms with van der Waals surface area (Å²) in [6, 6.07) is 10.3. The Bertz CT molecular complexity index is 584. The van der Waals surface area contributed by atoms with Crippen molar-refractivity contribution in [1.82, 2.24) is 10.3 Å². The van der Waals surface area contributed by atoms with Crippen LogP contribution >= 0.6 is 15.9 Å². The molecule has 0 aliphatic carbocycles. The van der Waals surface area contributed by atoms with Crippen LogP contribution in [0, 0.1) is 6.92 Å². The second kappa shape index (κ2) is 7.57. The fourth-order valence-corrected chi connectivity index (χ4v) is 2.75. The number of aryl methyl sites for hydroxylation is 1. The van der Waals surface area contributed by atoms with E-state index in [1.807, 2.05) is 31.2 Å². The number of ether oxygens (including phenoxy) is 1. The smallest absolute Gasteiger partial charge is 0.145 e. The Hall–Kier alpha value is -1.39. The Morgan fingerprint density at radius 3 is 2.62 bits per heavy atom. The first-order chi connectivity index (χ1) is 10.1. The summed E-state index contributed by atoms with van der Waals surface area (Å²) in [5, 5.41) is 3.48. The average molecular weight is 349 g/mol. The fourth-order valence-electron chi connectivity index (χ4n) is 2.04. The number of pyridine rings is 1. The fraction of sp³-hybridized carbons (Fsp3) is 0.353. The number of rotatable bonds is 6. The van der Waals surface area contributed by atoms with Crippen LogP contribution in [0.5, 0.6) is 11.5 Å². The van der Waals surface area contributed by atoms with Gasteiger partial charge in [0, 0.05) is 16.2 Å². The molecule has 0 saturated heterocycles. The molecular formula is C17H21BrN2O. The number of hydrogen-bond donors (Lipinski definition) is 1. The van der Waals surface area contributed by atoms with E-state index < -0.39 is 0 Å². The molecule has 2 aromatic rings. The van der Waals surface area contributed by atoms with Crippen LogP contribution in [0.25, 0.3) is 0 Å². The minimum atomic E-state index is 0.314. The van der Waals surface area contributed by atoms with Crippen molar-refractivity contribution in [3.63, 3.8) is 0 Å². The molecule has 0 radical (unpaired) electrons. The predicted molar refractivity (Wildman–Crippen MR) is 89.9 cm³/mol. The Labute approximate surface area is 134 Å². The maximum absolute atomic E-state index is 5.82. The van der Waals surface area contributed by atoms with E-state index in [1.54, 1.807) is 6.20 Å². The summed E-state index contributed by atoms with van der Waals surface area (Å²) in [7, 11) is 0. The van der Waals surface area contributed by atoms with E-state index in [-0.39, 0.29) is 0 Å². The van der Waals surface area contributed by atoms with Gasteiger partial charge in [-0.05, 0) is 56.6 Å². The van der Waals surface area contributed by atoms with Crippen LogP contribution in [-0.2, 0) is 0 Å². The van der Waals surface area contributed by atoms with Gasteiger partial charge in [-0.15, -0.1) is 0 Å². The van der Waals surface area contributed by atoms with Gasteiger partial charge in [0.25, 0.3) is 0 Å². The van der Waals surface area contributed by atoms with Crippen LogP contribution in [0.15, 0.2) is 41.0 Å². The molecule has 4 heteroatoms. The van der Waals surface area contributed by atoms with Crippen LogP contribution in [0.1, 0.15) is 37.6 Å². The highest BCUT2D eigenvalue weighted by Gasteiger charge is 2.10. The molecule has 0 saturated carbocycles. The van der Waals surface area contributed by atoms with E-state index in [9.17, 15) is 0 Å². The van der Waals surface area contributed by atoms with Crippen LogP contribution < -0.4 is 10.1 Å². The zero-order valence-corrected chi connectivity index (χ0v) is 14.3. The van der Waals surface area contributed by atoms with E-state index in [4.69, 9.17) is 4.74 Å². The van der Waals surface area contributed by atoms with Gasteiger partial charge in [-0.3, -0.25) is 4.98 Å². The number of halogens is 1. The summed E-state index contributed by atoms with van der Waals surface area (Å²) < 4.78 is 6.87. The van der Waals surface area contributed by atoms with Crippen molar-refractivity contribution in [1.29, 1.82) is 0 Å². The van der Waals surface area contributed by atoms with Crippen LogP contribution in [0.2, 0.25) is 0 Å². The molecule has 1 atom stereocenters. The monoisotopic (exact) mass is 348 g/mol. The van der Waals surface area contributed by atoms with Gasteiger partial charge in [-0.1, -0.05) is 28.9 Å². The molecule has 1 N–H and O–H groups in total. The molecule has 1 aromatic heterocycles. The first kappa shape index (κ1) is 16.0. The number of nitrogens with one attached hydrogen (secondary N) is 1. The largest absolute Gasteiger partial charge is 0.456 e. The first-order valence-electron chi connectivity index (χ1n) is 7.23. The van der Waals surface area contributed by atoms with Crippen molar-refractivity contribution >= 4 is 15.9 Å². The second-order valence-electron chi connectivity index (χ2n) is 5.10. The van der Waals surface area contributed by atoms with Crippen molar-refractivity contribution in [3.8, 4) is 11.5 Å². The summed E-state index contributed by atoms with van der Waals surface area (Å²) in [5.41, 5.74) is 2.22. The van der Waals surface area contributed by atoms with Gasteiger partial charge in [0.2, 0.25) is 0 Å². The Balaban J connectivity index is 2.09. The van der Waals surface area contributed by atoms with E-state index in [0.29, 0.717) is 6.04 Å². The Morgan fingerprint density at radius 1 is 1.24 bits per heavy atom. The molecule has 0 fully saturated rings. The van der Waals surface area contributed by atoms with Crippen molar-refractivity contribution in [2.75, 3.05) is 6.54 Å². The van der Waals surface area contributed by atoms with Crippen LogP contribution in [0.4, 0.5) is 0 Å². The lowest BCUT2D eigenvalue weighted by Gasteiger charge is -2.16. The highest BCUT2D eigenvalue weighted by atomic mass is 79.9. The molecular weight excluding hydrogens is 328 g/mol. The first-order valence-corrected chi connectivity index (χ1v) is 8.02. The SMILES string of the molecule is CCCNC(C)c1ccc(Oc2ccc(C)nc2)cc1Br. The van der Waals surface area contributed by atoms with Gasteiger partial charge in [-0.2, -0.15) is 0 Å². The van der Waals surface area contributed by atoms with Gasteiger partial charge < -0.3 is 10.1 Å². The molecule has 3 nitrogen and oxygen atoms in total. The quantitative estimate of drug-likeness (QED) is 0.796. The number of hydrogen-bond acceptors (Lipinski definition) is 3. The van der Waals surface area contributed by atoms with E-state index in [2.05, 4.69) is 46.1 Å². The lowest BCUT2D eigenvalue weighted by molar-refractivity contribution is 0.478. The average Bonchev–Trinajstić information content (AvgIpc) is 2.47. The Kier molecular flexibility index (Phi) is 5.76. The van der Waals surface area contributed by atoms with E-state index in [1.165, 1.54) is 5.56 Å². The molecule has 0 aliphatic rings. The second-order valence-corrected chi connectivity index (χ2v) is 5.95. The van der Waals surface area contributed by atoms with E-state index >= 15 is 0 Å². The summed E-state index contributed by atoms with van der Waals surface area (Å²) in [5.74, 6) is 1.55. The molecule has 112 valence electrons. The third-order valence-electron chi connectivity index (χ3n) is 3.26.